The van der Waals surface area contributed by atoms with Crippen molar-refractivity contribution < 1.29 is 9.53 Å². The number of amides is 1. The van der Waals surface area contributed by atoms with E-state index in [0.717, 1.165) is 28.1 Å². The lowest BCUT2D eigenvalue weighted by Gasteiger charge is -2.29. The third-order valence-corrected chi connectivity index (χ3v) is 7.85. The zero-order chi connectivity index (χ0) is 22.9. The fourth-order valence-electron chi connectivity index (χ4n) is 3.93. The highest BCUT2D eigenvalue weighted by atomic mass is 32.2. The lowest BCUT2D eigenvalue weighted by atomic mass is 9.94. The maximum Gasteiger partial charge on any atom is 0.262 e. The molecule has 0 unspecified atom stereocenters. The summed E-state index contributed by atoms with van der Waals surface area (Å²) in [6.45, 7) is 6.62. The van der Waals surface area contributed by atoms with Crippen molar-refractivity contribution >= 4 is 39.2 Å². The van der Waals surface area contributed by atoms with Gasteiger partial charge in [-0.25, -0.2) is 4.98 Å². The summed E-state index contributed by atoms with van der Waals surface area (Å²) < 4.78 is 7.47. The van der Waals surface area contributed by atoms with Crippen molar-refractivity contribution in [2.24, 2.45) is 7.05 Å². The summed E-state index contributed by atoms with van der Waals surface area (Å²) in [5, 5.41) is 4.32. The van der Waals surface area contributed by atoms with E-state index in [1.807, 2.05) is 39.0 Å². The number of benzene rings is 1. The third-order valence-electron chi connectivity index (χ3n) is 5.72. The van der Waals surface area contributed by atoms with Crippen LogP contribution in [0.3, 0.4) is 0 Å². The van der Waals surface area contributed by atoms with Gasteiger partial charge in [0.15, 0.2) is 5.16 Å². The van der Waals surface area contributed by atoms with Crippen LogP contribution in [0.4, 0.5) is 0 Å². The molecule has 1 N–H and O–H groups in total. The lowest BCUT2D eigenvalue weighted by molar-refractivity contribution is -0.119. The summed E-state index contributed by atoms with van der Waals surface area (Å²) in [6.07, 6.45) is 2.50. The topological polar surface area (TPSA) is 73.2 Å². The van der Waals surface area contributed by atoms with Gasteiger partial charge in [0.25, 0.3) is 5.56 Å². The summed E-state index contributed by atoms with van der Waals surface area (Å²) in [4.78, 5) is 32.1. The van der Waals surface area contributed by atoms with Gasteiger partial charge < -0.3 is 10.1 Å². The Morgan fingerprint density at radius 2 is 2.09 bits per heavy atom. The van der Waals surface area contributed by atoms with Crippen molar-refractivity contribution in [1.82, 2.24) is 14.9 Å². The van der Waals surface area contributed by atoms with E-state index in [0.29, 0.717) is 23.6 Å². The largest absolute Gasteiger partial charge is 0.370 e. The number of aromatic nitrogens is 2. The van der Waals surface area contributed by atoms with Crippen molar-refractivity contribution in [3.63, 3.8) is 0 Å². The number of hydrogen-bond donors (Lipinski definition) is 1. The molecule has 32 heavy (non-hydrogen) atoms. The molecule has 3 heterocycles. The van der Waals surface area contributed by atoms with Gasteiger partial charge in [-0.05, 0) is 44.7 Å². The van der Waals surface area contributed by atoms with Crippen molar-refractivity contribution in [3.05, 3.63) is 56.7 Å². The SMILES string of the molecule is C[C@H](CCc1ccccc1)NC(=O)CSc1nc2sc3c(c2c(=O)n1C)CC(C)(C)OC3. The molecule has 1 aliphatic heterocycles. The van der Waals surface area contributed by atoms with E-state index < -0.39 is 0 Å². The Hall–Kier alpha value is -2.16. The van der Waals surface area contributed by atoms with Crippen LogP contribution in [-0.2, 0) is 36.0 Å². The molecule has 0 radical (unpaired) electrons. The van der Waals surface area contributed by atoms with Crippen molar-refractivity contribution in [2.45, 2.75) is 63.4 Å². The number of fused-ring (bicyclic) bond motifs is 3. The smallest absolute Gasteiger partial charge is 0.262 e. The third kappa shape index (κ3) is 5.08. The van der Waals surface area contributed by atoms with Gasteiger partial charge in [-0.1, -0.05) is 42.1 Å². The summed E-state index contributed by atoms with van der Waals surface area (Å²) in [5.41, 5.74) is 2.00. The first-order valence-electron chi connectivity index (χ1n) is 10.8. The molecule has 1 amide bonds. The van der Waals surface area contributed by atoms with Gasteiger partial charge in [-0.2, -0.15) is 0 Å². The van der Waals surface area contributed by atoms with Crippen LogP contribution in [0, 0.1) is 0 Å². The number of aryl methyl sites for hydroxylation is 1. The molecular formula is C24H29N3O3S2. The van der Waals surface area contributed by atoms with Crippen LogP contribution < -0.4 is 10.9 Å². The summed E-state index contributed by atoms with van der Waals surface area (Å²) >= 11 is 2.83. The zero-order valence-electron chi connectivity index (χ0n) is 18.9. The first kappa shape index (κ1) is 23.0. The molecule has 0 fully saturated rings. The quantitative estimate of drug-likeness (QED) is 0.415. The fraction of sp³-hybridized carbons (Fsp3) is 0.458. The number of carbonyl (C=O) groups is 1. The summed E-state index contributed by atoms with van der Waals surface area (Å²) in [7, 11) is 1.73. The van der Waals surface area contributed by atoms with E-state index in [1.165, 1.54) is 28.7 Å². The van der Waals surface area contributed by atoms with E-state index in [4.69, 9.17) is 9.72 Å². The van der Waals surface area contributed by atoms with Crippen LogP contribution in [0.2, 0.25) is 0 Å². The van der Waals surface area contributed by atoms with Gasteiger partial charge in [-0.3, -0.25) is 14.2 Å². The van der Waals surface area contributed by atoms with E-state index in [9.17, 15) is 9.59 Å². The molecule has 6 nitrogen and oxygen atoms in total. The Labute approximate surface area is 196 Å². The Kier molecular flexibility index (Phi) is 6.74. The number of thioether (sulfide) groups is 1. The van der Waals surface area contributed by atoms with Gasteiger partial charge in [0.05, 0.1) is 23.3 Å². The summed E-state index contributed by atoms with van der Waals surface area (Å²) in [6, 6.07) is 10.3. The van der Waals surface area contributed by atoms with E-state index in [1.54, 1.807) is 11.6 Å². The molecule has 1 atom stereocenters. The second-order valence-corrected chi connectivity index (χ2v) is 11.0. The van der Waals surface area contributed by atoms with Crippen LogP contribution in [0.15, 0.2) is 40.3 Å². The zero-order valence-corrected chi connectivity index (χ0v) is 20.6. The molecule has 0 spiro atoms. The molecule has 0 aliphatic carbocycles. The second-order valence-electron chi connectivity index (χ2n) is 8.95. The molecule has 0 bridgehead atoms. The average molecular weight is 472 g/mol. The fourth-order valence-corrected chi connectivity index (χ4v) is 5.86. The highest BCUT2D eigenvalue weighted by Gasteiger charge is 2.31. The number of rotatable bonds is 7. The molecular weight excluding hydrogens is 442 g/mol. The average Bonchev–Trinajstić information content (AvgIpc) is 3.11. The van der Waals surface area contributed by atoms with Gasteiger partial charge in [-0.15, -0.1) is 11.3 Å². The lowest BCUT2D eigenvalue weighted by Crippen LogP contribution is -2.34. The number of carbonyl (C=O) groups excluding carboxylic acids is 1. The molecule has 2 aromatic heterocycles. The Morgan fingerprint density at radius 3 is 2.84 bits per heavy atom. The molecule has 4 rings (SSSR count). The van der Waals surface area contributed by atoms with Gasteiger partial charge in [0, 0.05) is 24.4 Å². The maximum atomic E-state index is 13.1. The minimum absolute atomic E-state index is 0.0504. The summed E-state index contributed by atoms with van der Waals surface area (Å²) in [5.74, 6) is 0.174. The predicted octanol–water partition coefficient (Wildman–Crippen LogP) is 4.08. The minimum atomic E-state index is -0.283. The Morgan fingerprint density at radius 1 is 1.34 bits per heavy atom. The van der Waals surface area contributed by atoms with Crippen LogP contribution in [-0.4, -0.2) is 32.9 Å². The number of nitrogens with one attached hydrogen (secondary N) is 1. The highest BCUT2D eigenvalue weighted by molar-refractivity contribution is 7.99. The van der Waals surface area contributed by atoms with E-state index >= 15 is 0 Å². The highest BCUT2D eigenvalue weighted by Crippen LogP contribution is 2.37. The van der Waals surface area contributed by atoms with Crippen LogP contribution >= 0.6 is 23.1 Å². The van der Waals surface area contributed by atoms with Crippen molar-refractivity contribution in [2.75, 3.05) is 5.75 Å². The van der Waals surface area contributed by atoms with Crippen molar-refractivity contribution in [1.29, 1.82) is 0 Å². The molecule has 170 valence electrons. The van der Waals surface area contributed by atoms with Crippen LogP contribution in [0.25, 0.3) is 10.2 Å². The number of hydrogen-bond acceptors (Lipinski definition) is 6. The molecule has 1 aliphatic rings. The first-order chi connectivity index (χ1) is 15.2. The standard InChI is InChI=1S/C24H29N3O3S2/c1-15(10-11-16-8-6-5-7-9-16)25-19(28)14-31-23-26-21-20(22(29)27(23)4)17-12-24(2,3)30-13-18(17)32-21/h5-9,15H,10-14H2,1-4H3,(H,25,28)/t15-/m1/s1. The van der Waals surface area contributed by atoms with E-state index in [2.05, 4.69) is 17.4 Å². The van der Waals surface area contributed by atoms with Crippen LogP contribution in [0.5, 0.6) is 0 Å². The molecule has 1 aromatic carbocycles. The second kappa shape index (κ2) is 9.37. The number of thiophene rings is 1. The monoisotopic (exact) mass is 471 g/mol. The normalized spacial score (nSPS) is 16.0. The Bertz CT molecular complexity index is 1180. The number of ether oxygens (including phenoxy) is 1. The van der Waals surface area contributed by atoms with Crippen LogP contribution in [0.1, 0.15) is 43.2 Å². The van der Waals surface area contributed by atoms with Crippen molar-refractivity contribution in [3.8, 4) is 0 Å². The van der Waals surface area contributed by atoms with E-state index in [-0.39, 0.29) is 28.9 Å². The van der Waals surface area contributed by atoms with Gasteiger partial charge >= 0.3 is 0 Å². The molecule has 3 aromatic rings. The molecule has 0 saturated heterocycles. The first-order valence-corrected chi connectivity index (χ1v) is 12.6. The maximum absolute atomic E-state index is 13.1. The Balaban J connectivity index is 1.40. The molecule has 8 heteroatoms. The molecule has 0 saturated carbocycles. The predicted molar refractivity (Wildman–Crippen MR) is 131 cm³/mol. The van der Waals surface area contributed by atoms with Gasteiger partial charge in [0.1, 0.15) is 4.83 Å². The number of nitrogens with zero attached hydrogens (tertiary/aromatic N) is 2. The van der Waals surface area contributed by atoms with Gasteiger partial charge in [0.2, 0.25) is 5.91 Å². The minimum Gasteiger partial charge on any atom is -0.370 e.